The van der Waals surface area contributed by atoms with Gasteiger partial charge in [0.05, 0.1) is 5.69 Å². The van der Waals surface area contributed by atoms with Gasteiger partial charge in [0, 0.05) is 26.1 Å². The van der Waals surface area contributed by atoms with Gasteiger partial charge < -0.3 is 10.2 Å². The van der Waals surface area contributed by atoms with Gasteiger partial charge in [0.2, 0.25) is 0 Å². The highest BCUT2D eigenvalue weighted by molar-refractivity contribution is 5.97. The molecule has 1 atom stereocenters. The summed E-state index contributed by atoms with van der Waals surface area (Å²) in [4.78, 5) is 22.3. The molecule has 1 aliphatic rings. The predicted octanol–water partition coefficient (Wildman–Crippen LogP) is 3.44. The number of carbonyl (C=O) groups excluding carboxylic acids is 1. The van der Waals surface area contributed by atoms with E-state index in [1.165, 1.54) is 13.1 Å². The molecule has 2 aromatic rings. The number of pyridine rings is 1. The van der Waals surface area contributed by atoms with Crippen molar-refractivity contribution >= 4 is 24.1 Å². The first-order chi connectivity index (χ1) is 12.5. The van der Waals surface area contributed by atoms with Crippen LogP contribution in [0.1, 0.15) is 34.8 Å². The minimum Gasteiger partial charge on any atom is -0.356 e. The average Bonchev–Trinajstić information content (AvgIpc) is 2.68. The highest BCUT2D eigenvalue weighted by Gasteiger charge is 2.25. The van der Waals surface area contributed by atoms with Crippen molar-refractivity contribution in [2.24, 2.45) is 4.99 Å². The first kappa shape index (κ1) is 18.0. The van der Waals surface area contributed by atoms with Crippen LogP contribution >= 0.6 is 0 Å². The van der Waals surface area contributed by atoms with Crippen LogP contribution in [0.2, 0.25) is 0 Å². The lowest BCUT2D eigenvalue weighted by Crippen LogP contribution is -2.35. The van der Waals surface area contributed by atoms with Crippen LogP contribution in [-0.2, 0) is 0 Å². The van der Waals surface area contributed by atoms with E-state index in [1.54, 1.807) is 12.1 Å². The summed E-state index contributed by atoms with van der Waals surface area (Å²) in [6, 6.07) is 7.00. The lowest BCUT2D eigenvalue weighted by Gasteiger charge is -2.34. The lowest BCUT2D eigenvalue weighted by molar-refractivity contribution is 0.0959. The second-order valence-corrected chi connectivity index (χ2v) is 6.23. The summed E-state index contributed by atoms with van der Waals surface area (Å²) >= 11 is 0. The quantitative estimate of drug-likeness (QED) is 0.852. The second kappa shape index (κ2) is 7.59. The monoisotopic (exact) mass is 358 g/mol. The molecule has 1 aliphatic heterocycles. The summed E-state index contributed by atoms with van der Waals surface area (Å²) < 4.78 is 27.7. The molecule has 7 heteroatoms. The smallest absolute Gasteiger partial charge is 0.271 e. The Labute approximate surface area is 150 Å². The number of aliphatic imine (C=N–C) groups is 1. The minimum absolute atomic E-state index is 0.137. The molecule has 26 heavy (non-hydrogen) atoms. The van der Waals surface area contributed by atoms with Crippen molar-refractivity contribution in [3.05, 3.63) is 53.2 Å². The zero-order valence-corrected chi connectivity index (χ0v) is 14.5. The molecule has 1 aromatic carbocycles. The third kappa shape index (κ3) is 3.56. The van der Waals surface area contributed by atoms with Crippen LogP contribution in [-0.4, -0.2) is 37.7 Å². The molecule has 136 valence electrons. The van der Waals surface area contributed by atoms with Crippen molar-refractivity contribution in [2.45, 2.75) is 18.8 Å². The number of halogens is 2. The van der Waals surface area contributed by atoms with Gasteiger partial charge in [-0.1, -0.05) is 0 Å². The zero-order valence-electron chi connectivity index (χ0n) is 14.5. The van der Waals surface area contributed by atoms with Crippen molar-refractivity contribution in [1.82, 2.24) is 10.3 Å². The molecule has 0 bridgehead atoms. The van der Waals surface area contributed by atoms with Gasteiger partial charge in [-0.2, -0.15) is 0 Å². The highest BCUT2D eigenvalue weighted by Crippen LogP contribution is 2.32. The van der Waals surface area contributed by atoms with Crippen LogP contribution in [0.3, 0.4) is 0 Å². The second-order valence-electron chi connectivity index (χ2n) is 6.23. The van der Waals surface area contributed by atoms with Crippen molar-refractivity contribution < 1.29 is 13.6 Å². The van der Waals surface area contributed by atoms with Crippen LogP contribution in [0.5, 0.6) is 0 Å². The van der Waals surface area contributed by atoms with E-state index in [1.807, 2.05) is 4.90 Å². The largest absolute Gasteiger partial charge is 0.356 e. The number of hydrogen-bond donors (Lipinski definition) is 1. The number of carbonyl (C=O) groups is 1. The van der Waals surface area contributed by atoms with Crippen molar-refractivity contribution in [3.63, 3.8) is 0 Å². The van der Waals surface area contributed by atoms with Crippen molar-refractivity contribution in [1.29, 1.82) is 0 Å². The molecule has 2 heterocycles. The number of nitrogens with zero attached hydrogens (tertiary/aromatic N) is 3. The Kier molecular flexibility index (Phi) is 5.25. The van der Waals surface area contributed by atoms with Gasteiger partial charge in [-0.25, -0.2) is 13.8 Å². The Hall–Kier alpha value is -2.83. The SMILES string of the molecule is C=Nc1ccc(N2CCCC(c3cc(F)ccc3F)C2)nc1C(=O)NC. The van der Waals surface area contributed by atoms with E-state index in [9.17, 15) is 13.6 Å². The van der Waals surface area contributed by atoms with Crippen molar-refractivity contribution in [2.75, 3.05) is 25.0 Å². The number of hydrogen-bond acceptors (Lipinski definition) is 4. The topological polar surface area (TPSA) is 57.6 Å². The molecule has 0 spiro atoms. The Morgan fingerprint density at radius 3 is 2.88 bits per heavy atom. The first-order valence-corrected chi connectivity index (χ1v) is 8.43. The zero-order chi connectivity index (χ0) is 18.7. The summed E-state index contributed by atoms with van der Waals surface area (Å²) in [5, 5.41) is 2.54. The van der Waals surface area contributed by atoms with Gasteiger partial charge >= 0.3 is 0 Å². The number of nitrogens with one attached hydrogen (secondary N) is 1. The van der Waals surface area contributed by atoms with Crippen LogP contribution in [0, 0.1) is 11.6 Å². The number of benzene rings is 1. The van der Waals surface area contributed by atoms with Gasteiger partial charge in [0.25, 0.3) is 5.91 Å². The Morgan fingerprint density at radius 1 is 1.35 bits per heavy atom. The molecular weight excluding hydrogens is 338 g/mol. The van der Waals surface area contributed by atoms with E-state index >= 15 is 0 Å². The highest BCUT2D eigenvalue weighted by atomic mass is 19.1. The number of piperidine rings is 1. The fraction of sp³-hybridized carbons (Fsp3) is 0.316. The molecule has 5 nitrogen and oxygen atoms in total. The molecule has 0 aliphatic carbocycles. The number of anilines is 1. The van der Waals surface area contributed by atoms with Crippen LogP contribution < -0.4 is 10.2 Å². The fourth-order valence-electron chi connectivity index (χ4n) is 3.30. The maximum Gasteiger partial charge on any atom is 0.271 e. The van der Waals surface area contributed by atoms with Crippen LogP contribution in [0.4, 0.5) is 20.3 Å². The van der Waals surface area contributed by atoms with E-state index in [2.05, 4.69) is 22.0 Å². The molecule has 1 unspecified atom stereocenters. The Morgan fingerprint density at radius 2 is 2.15 bits per heavy atom. The maximum absolute atomic E-state index is 14.1. The van der Waals surface area contributed by atoms with E-state index in [-0.39, 0.29) is 17.5 Å². The van der Waals surface area contributed by atoms with Gasteiger partial charge in [0.1, 0.15) is 17.5 Å². The summed E-state index contributed by atoms with van der Waals surface area (Å²) in [7, 11) is 1.52. The Bertz CT molecular complexity index is 840. The molecule has 0 radical (unpaired) electrons. The number of aromatic nitrogens is 1. The van der Waals surface area contributed by atoms with Gasteiger partial charge in [-0.15, -0.1) is 0 Å². The molecule has 1 saturated heterocycles. The first-order valence-electron chi connectivity index (χ1n) is 8.43. The third-order valence-electron chi connectivity index (χ3n) is 4.61. The lowest BCUT2D eigenvalue weighted by atomic mass is 9.90. The van der Waals surface area contributed by atoms with Gasteiger partial charge in [0.15, 0.2) is 5.69 Å². The Balaban J connectivity index is 1.89. The molecule has 1 N–H and O–H groups in total. The van der Waals surface area contributed by atoms with Gasteiger partial charge in [-0.05, 0) is 55.5 Å². The third-order valence-corrected chi connectivity index (χ3v) is 4.61. The summed E-state index contributed by atoms with van der Waals surface area (Å²) in [5.41, 5.74) is 0.975. The molecule has 1 amide bonds. The molecule has 3 rings (SSSR count). The molecular formula is C19H20F2N4O. The molecule has 1 fully saturated rings. The van der Waals surface area contributed by atoms with Crippen LogP contribution in [0.25, 0.3) is 0 Å². The summed E-state index contributed by atoms with van der Waals surface area (Å²) in [6.45, 7) is 4.69. The normalized spacial score (nSPS) is 17.0. The van der Waals surface area contributed by atoms with E-state index in [0.29, 0.717) is 23.6 Å². The van der Waals surface area contributed by atoms with Crippen LogP contribution in [0.15, 0.2) is 35.3 Å². The van der Waals surface area contributed by atoms with E-state index in [0.717, 1.165) is 31.5 Å². The molecule has 1 aromatic heterocycles. The van der Waals surface area contributed by atoms with E-state index < -0.39 is 11.6 Å². The molecule has 0 saturated carbocycles. The minimum atomic E-state index is -0.444. The van der Waals surface area contributed by atoms with Gasteiger partial charge in [-0.3, -0.25) is 9.79 Å². The average molecular weight is 358 g/mol. The summed E-state index contributed by atoms with van der Waals surface area (Å²) in [6.07, 6.45) is 1.59. The standard InChI is InChI=1S/C19H20F2N4O/c1-22-16-7-8-17(24-18(16)19(26)23-2)25-9-3-4-12(11-25)14-10-13(20)5-6-15(14)21/h5-8,10,12H,1,3-4,9,11H2,2H3,(H,23,26). The van der Waals surface area contributed by atoms with Crippen molar-refractivity contribution in [3.8, 4) is 0 Å². The maximum atomic E-state index is 14.1. The number of rotatable bonds is 4. The number of amides is 1. The fourth-order valence-corrected chi connectivity index (χ4v) is 3.30. The summed E-state index contributed by atoms with van der Waals surface area (Å²) in [5.74, 6) is -0.721. The predicted molar refractivity (Wildman–Crippen MR) is 97.4 cm³/mol. The van der Waals surface area contributed by atoms with E-state index in [4.69, 9.17) is 0 Å².